The summed E-state index contributed by atoms with van der Waals surface area (Å²) in [7, 11) is -3.02. The van der Waals surface area contributed by atoms with E-state index in [0.717, 1.165) is 5.56 Å². The van der Waals surface area contributed by atoms with Gasteiger partial charge >= 0.3 is 0 Å². The van der Waals surface area contributed by atoms with Gasteiger partial charge in [-0.05, 0) is 18.6 Å². The minimum Gasteiger partial charge on any atom is -0.492 e. The van der Waals surface area contributed by atoms with Gasteiger partial charge in [-0.1, -0.05) is 38.4 Å². The van der Waals surface area contributed by atoms with E-state index >= 15 is 0 Å². The minimum absolute atomic E-state index is 0.0321. The molecule has 4 nitrogen and oxygen atoms in total. The van der Waals surface area contributed by atoms with Crippen LogP contribution in [0.15, 0.2) is 18.2 Å². The first kappa shape index (κ1) is 18.3. The highest BCUT2D eigenvalue weighted by molar-refractivity contribution is 7.91. The summed E-state index contributed by atoms with van der Waals surface area (Å²) in [6.07, 6.45) is 0.628. The van der Waals surface area contributed by atoms with Crippen LogP contribution in [0.1, 0.15) is 32.8 Å². The maximum Gasteiger partial charge on any atom is 0.153 e. The van der Waals surface area contributed by atoms with Gasteiger partial charge < -0.3 is 10.1 Å². The van der Waals surface area contributed by atoms with E-state index in [1.165, 1.54) is 0 Å². The SMILES string of the molecule is CCCS(=O)(=O)CCOc1cccc(Cl)c1CNC(C)C. The number of benzene rings is 1. The molecule has 0 saturated carbocycles. The Morgan fingerprint density at radius 3 is 2.62 bits per heavy atom. The minimum atomic E-state index is -3.02. The summed E-state index contributed by atoms with van der Waals surface area (Å²) in [4.78, 5) is 0. The molecular formula is C15H24ClNO3S. The van der Waals surface area contributed by atoms with Crippen LogP contribution in [0, 0.1) is 0 Å². The van der Waals surface area contributed by atoms with Gasteiger partial charge in [0.2, 0.25) is 0 Å². The number of rotatable bonds is 9. The largest absolute Gasteiger partial charge is 0.492 e. The van der Waals surface area contributed by atoms with Crippen LogP contribution in [0.25, 0.3) is 0 Å². The fourth-order valence-corrected chi connectivity index (χ4v) is 3.24. The first-order valence-corrected chi connectivity index (χ1v) is 9.39. The van der Waals surface area contributed by atoms with Crippen LogP contribution < -0.4 is 10.1 Å². The molecular weight excluding hydrogens is 310 g/mol. The molecule has 6 heteroatoms. The Balaban J connectivity index is 2.68. The van der Waals surface area contributed by atoms with Crippen molar-refractivity contribution >= 4 is 21.4 Å². The lowest BCUT2D eigenvalue weighted by molar-refractivity contribution is 0.335. The molecule has 0 bridgehead atoms. The van der Waals surface area contributed by atoms with Gasteiger partial charge in [0, 0.05) is 23.2 Å². The Kier molecular flexibility index (Phi) is 7.49. The third-order valence-electron chi connectivity index (χ3n) is 2.93. The zero-order valence-corrected chi connectivity index (χ0v) is 14.4. The van der Waals surface area contributed by atoms with Crippen molar-refractivity contribution < 1.29 is 13.2 Å². The molecule has 0 heterocycles. The number of halogens is 1. The number of sulfone groups is 1. The molecule has 1 aromatic rings. The van der Waals surface area contributed by atoms with Crippen LogP contribution >= 0.6 is 11.6 Å². The Labute approximate surface area is 132 Å². The van der Waals surface area contributed by atoms with Crippen molar-refractivity contribution in [3.63, 3.8) is 0 Å². The third-order valence-corrected chi connectivity index (χ3v) is 5.10. The second kappa shape index (κ2) is 8.61. The second-order valence-electron chi connectivity index (χ2n) is 5.25. The fourth-order valence-electron chi connectivity index (χ4n) is 1.84. The molecule has 21 heavy (non-hydrogen) atoms. The lowest BCUT2D eigenvalue weighted by atomic mass is 10.2. The maximum atomic E-state index is 11.7. The summed E-state index contributed by atoms with van der Waals surface area (Å²) >= 11 is 6.19. The molecule has 1 aromatic carbocycles. The highest BCUT2D eigenvalue weighted by Crippen LogP contribution is 2.26. The highest BCUT2D eigenvalue weighted by atomic mass is 35.5. The Morgan fingerprint density at radius 1 is 1.29 bits per heavy atom. The Bertz CT molecular complexity index is 544. The number of nitrogens with one attached hydrogen (secondary N) is 1. The second-order valence-corrected chi connectivity index (χ2v) is 7.96. The Hall–Kier alpha value is -0.780. The van der Waals surface area contributed by atoms with Crippen molar-refractivity contribution in [3.05, 3.63) is 28.8 Å². The van der Waals surface area contributed by atoms with E-state index in [9.17, 15) is 8.42 Å². The molecule has 0 unspecified atom stereocenters. The molecule has 0 aliphatic heterocycles. The van der Waals surface area contributed by atoms with Crippen molar-refractivity contribution in [2.45, 2.75) is 39.8 Å². The Morgan fingerprint density at radius 2 is 2.00 bits per heavy atom. The molecule has 0 spiro atoms. The van der Waals surface area contributed by atoms with E-state index in [2.05, 4.69) is 19.2 Å². The zero-order valence-electron chi connectivity index (χ0n) is 12.9. The molecule has 0 saturated heterocycles. The lowest BCUT2D eigenvalue weighted by Gasteiger charge is -2.15. The summed E-state index contributed by atoms with van der Waals surface area (Å²) in [5.41, 5.74) is 0.862. The van der Waals surface area contributed by atoms with Crippen LogP contribution in [0.4, 0.5) is 0 Å². The van der Waals surface area contributed by atoms with Crippen molar-refractivity contribution in [2.24, 2.45) is 0 Å². The van der Waals surface area contributed by atoms with Crippen LogP contribution in [0.2, 0.25) is 5.02 Å². The molecule has 0 atom stereocenters. The van der Waals surface area contributed by atoms with Gasteiger partial charge in [-0.25, -0.2) is 8.42 Å². The van der Waals surface area contributed by atoms with E-state index in [-0.39, 0.29) is 18.1 Å². The molecule has 0 fully saturated rings. The van der Waals surface area contributed by atoms with E-state index in [0.29, 0.717) is 29.8 Å². The first-order valence-electron chi connectivity index (χ1n) is 7.19. The van der Waals surface area contributed by atoms with Gasteiger partial charge in [0.25, 0.3) is 0 Å². The average Bonchev–Trinajstić information content (AvgIpc) is 2.37. The predicted octanol–water partition coefficient (Wildman–Crippen LogP) is 3.04. The molecule has 120 valence electrons. The summed E-state index contributed by atoms with van der Waals surface area (Å²) in [5, 5.41) is 3.91. The topological polar surface area (TPSA) is 55.4 Å². The van der Waals surface area contributed by atoms with Crippen LogP contribution in [-0.4, -0.2) is 32.6 Å². The first-order chi connectivity index (χ1) is 9.85. The van der Waals surface area contributed by atoms with Crippen LogP contribution in [0.5, 0.6) is 5.75 Å². The van der Waals surface area contributed by atoms with Crippen molar-refractivity contribution in [2.75, 3.05) is 18.1 Å². The van der Waals surface area contributed by atoms with Crippen molar-refractivity contribution in [1.29, 1.82) is 0 Å². The molecule has 0 aliphatic rings. The monoisotopic (exact) mass is 333 g/mol. The number of hydrogen-bond donors (Lipinski definition) is 1. The summed E-state index contributed by atoms with van der Waals surface area (Å²) in [6, 6.07) is 5.76. The molecule has 0 radical (unpaired) electrons. The highest BCUT2D eigenvalue weighted by Gasteiger charge is 2.12. The summed E-state index contributed by atoms with van der Waals surface area (Å²) in [5.74, 6) is 0.875. The van der Waals surface area contributed by atoms with Gasteiger partial charge in [0.05, 0.1) is 11.5 Å². The summed E-state index contributed by atoms with van der Waals surface area (Å²) < 4.78 is 29.0. The average molecular weight is 334 g/mol. The predicted molar refractivity (Wildman–Crippen MR) is 87.9 cm³/mol. The quantitative estimate of drug-likeness (QED) is 0.754. The number of hydrogen-bond acceptors (Lipinski definition) is 4. The lowest BCUT2D eigenvalue weighted by Crippen LogP contribution is -2.23. The van der Waals surface area contributed by atoms with Gasteiger partial charge in [0.15, 0.2) is 9.84 Å². The van der Waals surface area contributed by atoms with Gasteiger partial charge in [-0.15, -0.1) is 0 Å². The van der Waals surface area contributed by atoms with Crippen LogP contribution in [-0.2, 0) is 16.4 Å². The van der Waals surface area contributed by atoms with Gasteiger partial charge in [0.1, 0.15) is 12.4 Å². The third kappa shape index (κ3) is 6.68. The van der Waals surface area contributed by atoms with Gasteiger partial charge in [-0.3, -0.25) is 0 Å². The molecule has 0 aromatic heterocycles. The fraction of sp³-hybridized carbons (Fsp3) is 0.600. The van der Waals surface area contributed by atoms with Crippen molar-refractivity contribution in [1.82, 2.24) is 5.32 Å². The van der Waals surface area contributed by atoms with E-state index < -0.39 is 9.84 Å². The molecule has 0 aliphatic carbocycles. The van der Waals surface area contributed by atoms with E-state index in [1.807, 2.05) is 13.0 Å². The summed E-state index contributed by atoms with van der Waals surface area (Å²) in [6.45, 7) is 6.69. The smallest absolute Gasteiger partial charge is 0.153 e. The van der Waals surface area contributed by atoms with E-state index in [1.54, 1.807) is 12.1 Å². The normalized spacial score (nSPS) is 11.9. The molecule has 1 N–H and O–H groups in total. The van der Waals surface area contributed by atoms with Crippen LogP contribution in [0.3, 0.4) is 0 Å². The number of ether oxygens (including phenoxy) is 1. The van der Waals surface area contributed by atoms with E-state index in [4.69, 9.17) is 16.3 Å². The van der Waals surface area contributed by atoms with Gasteiger partial charge in [-0.2, -0.15) is 0 Å². The van der Waals surface area contributed by atoms with Crippen molar-refractivity contribution in [3.8, 4) is 5.75 Å². The molecule has 1 rings (SSSR count). The standard InChI is InChI=1S/C15H24ClNO3S/c1-4-9-21(18,19)10-8-20-15-7-5-6-14(16)13(15)11-17-12(2)3/h5-7,12,17H,4,8-11H2,1-3H3. The zero-order chi connectivity index (χ0) is 15.9. The maximum absolute atomic E-state index is 11.7. The molecule has 0 amide bonds.